The van der Waals surface area contributed by atoms with E-state index in [0.29, 0.717) is 5.92 Å². The molecule has 0 amide bonds. The Morgan fingerprint density at radius 3 is 2.56 bits per heavy atom. The van der Waals surface area contributed by atoms with Crippen LogP contribution in [-0.4, -0.2) is 18.8 Å². The summed E-state index contributed by atoms with van der Waals surface area (Å²) in [6, 6.07) is 6.03. The Balaban J connectivity index is 2.28. The van der Waals surface area contributed by atoms with Gasteiger partial charge in [-0.15, -0.1) is 0 Å². The van der Waals surface area contributed by atoms with E-state index in [1.165, 1.54) is 0 Å². The number of pyridine rings is 1. The predicted octanol–water partition coefficient (Wildman–Crippen LogP) is 3.13. The molecular weight excluding hydrogens is 228 g/mol. The van der Waals surface area contributed by atoms with Crippen LogP contribution in [0.5, 0.6) is 11.5 Å². The Bertz CT molecular complexity index is 608. The zero-order chi connectivity index (χ0) is 12.7. The molecule has 0 fully saturated rings. The Morgan fingerprint density at radius 1 is 1.17 bits per heavy atom. The lowest BCUT2D eigenvalue weighted by molar-refractivity contribution is 0.174. The maximum atomic E-state index is 5.41. The van der Waals surface area contributed by atoms with E-state index in [9.17, 15) is 0 Å². The maximum Gasteiger partial charge on any atom is 0.231 e. The molecule has 0 unspecified atom stereocenters. The number of aromatic nitrogens is 1. The van der Waals surface area contributed by atoms with Crippen molar-refractivity contribution in [1.29, 1.82) is 0 Å². The van der Waals surface area contributed by atoms with Crippen molar-refractivity contribution in [3.8, 4) is 11.5 Å². The minimum Gasteiger partial charge on any atom is -0.454 e. The van der Waals surface area contributed by atoms with E-state index in [0.717, 1.165) is 33.8 Å². The molecule has 0 bridgehead atoms. The fourth-order valence-electron chi connectivity index (χ4n) is 2.14. The summed E-state index contributed by atoms with van der Waals surface area (Å²) in [6.45, 7) is 4.57. The van der Waals surface area contributed by atoms with Crippen molar-refractivity contribution in [2.24, 2.45) is 0 Å². The first-order chi connectivity index (χ1) is 8.69. The fourth-order valence-corrected chi connectivity index (χ4v) is 2.14. The monoisotopic (exact) mass is 244 g/mol. The molecule has 3 rings (SSSR count). The van der Waals surface area contributed by atoms with E-state index in [4.69, 9.17) is 9.47 Å². The molecule has 1 aliphatic heterocycles. The molecule has 1 aliphatic rings. The Kier molecular flexibility index (Phi) is 2.51. The third kappa shape index (κ3) is 1.65. The van der Waals surface area contributed by atoms with Crippen LogP contribution < -0.4 is 14.8 Å². The molecule has 2 aromatic rings. The van der Waals surface area contributed by atoms with Gasteiger partial charge in [0.05, 0.1) is 5.52 Å². The summed E-state index contributed by atoms with van der Waals surface area (Å²) in [6.07, 6.45) is 0. The summed E-state index contributed by atoms with van der Waals surface area (Å²) in [5, 5.41) is 4.28. The number of benzene rings is 1. The van der Waals surface area contributed by atoms with Crippen LogP contribution in [0.15, 0.2) is 18.2 Å². The van der Waals surface area contributed by atoms with Gasteiger partial charge < -0.3 is 14.8 Å². The third-order valence-corrected chi connectivity index (χ3v) is 3.18. The number of nitrogens with one attached hydrogen (secondary N) is 1. The molecule has 0 atom stereocenters. The molecule has 4 nitrogen and oxygen atoms in total. The van der Waals surface area contributed by atoms with Gasteiger partial charge >= 0.3 is 0 Å². The summed E-state index contributed by atoms with van der Waals surface area (Å²) < 4.78 is 10.8. The molecule has 18 heavy (non-hydrogen) atoms. The SMILES string of the molecule is CNc1cc(C(C)C)nc2cc3c(cc12)OCO3. The number of anilines is 1. The molecule has 94 valence electrons. The highest BCUT2D eigenvalue weighted by Gasteiger charge is 2.17. The quantitative estimate of drug-likeness (QED) is 0.881. The Labute approximate surface area is 106 Å². The van der Waals surface area contributed by atoms with Crippen LogP contribution in [-0.2, 0) is 0 Å². The number of fused-ring (bicyclic) bond motifs is 2. The van der Waals surface area contributed by atoms with Gasteiger partial charge in [-0.3, -0.25) is 4.98 Å². The second-order valence-electron chi connectivity index (χ2n) is 4.72. The number of hydrogen-bond acceptors (Lipinski definition) is 4. The van der Waals surface area contributed by atoms with Gasteiger partial charge in [0.25, 0.3) is 0 Å². The predicted molar refractivity (Wildman–Crippen MR) is 71.5 cm³/mol. The molecule has 4 heteroatoms. The highest BCUT2D eigenvalue weighted by atomic mass is 16.7. The Hall–Kier alpha value is -1.97. The minimum absolute atomic E-state index is 0.289. The van der Waals surface area contributed by atoms with E-state index in [2.05, 4.69) is 30.2 Å². The lowest BCUT2D eigenvalue weighted by Gasteiger charge is -2.11. The molecule has 0 radical (unpaired) electrons. The van der Waals surface area contributed by atoms with E-state index < -0.39 is 0 Å². The second-order valence-corrected chi connectivity index (χ2v) is 4.72. The fraction of sp³-hybridized carbons (Fsp3) is 0.357. The minimum atomic E-state index is 0.289. The molecule has 0 spiro atoms. The van der Waals surface area contributed by atoms with Gasteiger partial charge in [-0.1, -0.05) is 13.8 Å². The standard InChI is InChI=1S/C14H16N2O2/c1-8(2)10-5-11(15-3)9-4-13-14(18-7-17-13)6-12(9)16-10/h4-6,8H,7H2,1-3H3,(H,15,16). The highest BCUT2D eigenvalue weighted by molar-refractivity contribution is 5.94. The van der Waals surface area contributed by atoms with Crippen LogP contribution >= 0.6 is 0 Å². The van der Waals surface area contributed by atoms with E-state index in [1.807, 2.05) is 19.2 Å². The van der Waals surface area contributed by atoms with Gasteiger partial charge in [-0.25, -0.2) is 0 Å². The summed E-state index contributed by atoms with van der Waals surface area (Å²) in [5.74, 6) is 1.96. The van der Waals surface area contributed by atoms with Gasteiger partial charge in [0.15, 0.2) is 11.5 Å². The maximum absolute atomic E-state index is 5.41. The second kappa shape index (κ2) is 4.05. The molecule has 0 aliphatic carbocycles. The largest absolute Gasteiger partial charge is 0.454 e. The number of hydrogen-bond donors (Lipinski definition) is 1. The third-order valence-electron chi connectivity index (χ3n) is 3.18. The van der Waals surface area contributed by atoms with Crippen molar-refractivity contribution in [2.75, 3.05) is 19.2 Å². The van der Waals surface area contributed by atoms with Crippen molar-refractivity contribution in [3.63, 3.8) is 0 Å². The van der Waals surface area contributed by atoms with Gasteiger partial charge in [0.1, 0.15) is 0 Å². The zero-order valence-corrected chi connectivity index (χ0v) is 10.8. The van der Waals surface area contributed by atoms with Crippen LogP contribution in [0, 0.1) is 0 Å². The lowest BCUT2D eigenvalue weighted by atomic mass is 10.1. The number of rotatable bonds is 2. The molecule has 0 saturated carbocycles. The topological polar surface area (TPSA) is 43.4 Å². The van der Waals surface area contributed by atoms with Crippen molar-refractivity contribution < 1.29 is 9.47 Å². The molecule has 1 aromatic heterocycles. The van der Waals surface area contributed by atoms with E-state index in [-0.39, 0.29) is 6.79 Å². The van der Waals surface area contributed by atoms with Gasteiger partial charge in [-0.05, 0) is 18.1 Å². The summed E-state index contributed by atoms with van der Waals surface area (Å²) >= 11 is 0. The van der Waals surface area contributed by atoms with Crippen LogP contribution in [0.3, 0.4) is 0 Å². The highest BCUT2D eigenvalue weighted by Crippen LogP contribution is 2.38. The first kappa shape index (κ1) is 11.1. The van der Waals surface area contributed by atoms with Crippen molar-refractivity contribution in [3.05, 3.63) is 23.9 Å². The van der Waals surface area contributed by atoms with Crippen LogP contribution in [0.25, 0.3) is 10.9 Å². The lowest BCUT2D eigenvalue weighted by Crippen LogP contribution is -1.98. The molecule has 1 aromatic carbocycles. The normalized spacial score (nSPS) is 13.3. The smallest absolute Gasteiger partial charge is 0.231 e. The van der Waals surface area contributed by atoms with E-state index in [1.54, 1.807) is 0 Å². The first-order valence-electron chi connectivity index (χ1n) is 6.11. The molecule has 2 heterocycles. The van der Waals surface area contributed by atoms with Crippen molar-refractivity contribution in [2.45, 2.75) is 19.8 Å². The average molecular weight is 244 g/mol. The van der Waals surface area contributed by atoms with Crippen molar-refractivity contribution in [1.82, 2.24) is 4.98 Å². The Morgan fingerprint density at radius 2 is 1.89 bits per heavy atom. The van der Waals surface area contributed by atoms with Gasteiger partial charge in [0, 0.05) is 29.9 Å². The first-order valence-corrected chi connectivity index (χ1v) is 6.11. The molecule has 1 N–H and O–H groups in total. The number of ether oxygens (including phenoxy) is 2. The summed E-state index contributed by atoms with van der Waals surface area (Å²) in [4.78, 5) is 4.69. The molecular formula is C14H16N2O2. The van der Waals surface area contributed by atoms with Gasteiger partial charge in [-0.2, -0.15) is 0 Å². The van der Waals surface area contributed by atoms with Crippen molar-refractivity contribution >= 4 is 16.6 Å². The zero-order valence-electron chi connectivity index (χ0n) is 10.8. The van der Waals surface area contributed by atoms with Crippen LogP contribution in [0.2, 0.25) is 0 Å². The van der Waals surface area contributed by atoms with E-state index >= 15 is 0 Å². The van der Waals surface area contributed by atoms with Crippen LogP contribution in [0.4, 0.5) is 5.69 Å². The summed E-state index contributed by atoms with van der Waals surface area (Å²) in [5.41, 5.74) is 3.09. The average Bonchev–Trinajstić information content (AvgIpc) is 2.81. The van der Waals surface area contributed by atoms with Crippen LogP contribution in [0.1, 0.15) is 25.5 Å². The van der Waals surface area contributed by atoms with Gasteiger partial charge in [0.2, 0.25) is 6.79 Å². The number of nitrogens with zero attached hydrogens (tertiary/aromatic N) is 1. The summed E-state index contributed by atoms with van der Waals surface area (Å²) in [7, 11) is 1.92. The molecule has 0 saturated heterocycles.